The number of hydrogen-bond donors (Lipinski definition) is 1. The summed E-state index contributed by atoms with van der Waals surface area (Å²) in [5.74, 6) is 0.689. The van der Waals surface area contributed by atoms with Crippen LogP contribution in [0.3, 0.4) is 0 Å². The number of hydrogen-bond acceptors (Lipinski definition) is 4. The minimum Gasteiger partial charge on any atom is -0.497 e. The zero-order valence-electron chi connectivity index (χ0n) is 15.6. The third kappa shape index (κ3) is 4.78. The van der Waals surface area contributed by atoms with Crippen molar-refractivity contribution in [3.63, 3.8) is 0 Å². The minimum atomic E-state index is -0.356. The number of nitrogens with one attached hydrogen (secondary N) is 1. The third-order valence-electron chi connectivity index (χ3n) is 4.72. The Morgan fingerprint density at radius 2 is 1.78 bits per heavy atom. The van der Waals surface area contributed by atoms with E-state index in [1.165, 1.54) is 5.56 Å². The van der Waals surface area contributed by atoms with Gasteiger partial charge in [0, 0.05) is 43.4 Å². The second kappa shape index (κ2) is 8.58. The number of rotatable bonds is 7. The second-order valence-electron chi connectivity index (χ2n) is 6.57. The second-order valence-corrected chi connectivity index (χ2v) is 6.57. The molecule has 1 N–H and O–H groups in total. The van der Waals surface area contributed by atoms with E-state index < -0.39 is 0 Å². The van der Waals surface area contributed by atoms with E-state index >= 15 is 0 Å². The molecule has 1 heterocycles. The van der Waals surface area contributed by atoms with Crippen LogP contribution in [-0.2, 0) is 16.0 Å². The summed E-state index contributed by atoms with van der Waals surface area (Å²) in [6.07, 6.45) is 1.02. The van der Waals surface area contributed by atoms with Crippen LogP contribution in [0.25, 0.3) is 0 Å². The van der Waals surface area contributed by atoms with E-state index in [0.717, 1.165) is 6.42 Å². The third-order valence-corrected chi connectivity index (χ3v) is 4.72. The Hall–Kier alpha value is -3.02. The monoisotopic (exact) mass is 368 g/mol. The van der Waals surface area contributed by atoms with Crippen molar-refractivity contribution in [3.05, 3.63) is 54.1 Å². The Kier molecular flexibility index (Phi) is 5.96. The van der Waals surface area contributed by atoms with Gasteiger partial charge in [0.2, 0.25) is 11.8 Å². The van der Waals surface area contributed by atoms with Gasteiger partial charge in [0.1, 0.15) is 11.5 Å². The lowest BCUT2D eigenvalue weighted by atomic mass is 10.1. The van der Waals surface area contributed by atoms with Crippen LogP contribution in [0.4, 0.5) is 5.69 Å². The Balaban J connectivity index is 1.59. The molecular weight excluding hydrogens is 344 g/mol. The van der Waals surface area contributed by atoms with Crippen molar-refractivity contribution >= 4 is 17.5 Å². The van der Waals surface area contributed by atoms with Crippen LogP contribution in [0, 0.1) is 5.92 Å². The summed E-state index contributed by atoms with van der Waals surface area (Å²) in [5, 5.41) is 2.87. The van der Waals surface area contributed by atoms with Crippen molar-refractivity contribution in [2.75, 3.05) is 32.6 Å². The Labute approximate surface area is 159 Å². The van der Waals surface area contributed by atoms with Gasteiger partial charge in [-0.3, -0.25) is 9.59 Å². The summed E-state index contributed by atoms with van der Waals surface area (Å²) < 4.78 is 10.4. The lowest BCUT2D eigenvalue weighted by Gasteiger charge is -2.17. The number of anilines is 1. The number of carbonyl (C=O) groups excluding carboxylic acids is 2. The lowest BCUT2D eigenvalue weighted by molar-refractivity contribution is -0.128. The molecule has 1 atom stereocenters. The first-order chi connectivity index (χ1) is 13.1. The van der Waals surface area contributed by atoms with E-state index in [0.29, 0.717) is 30.3 Å². The Morgan fingerprint density at radius 3 is 2.41 bits per heavy atom. The highest BCUT2D eigenvalue weighted by molar-refractivity contribution is 5.97. The van der Waals surface area contributed by atoms with Gasteiger partial charge in [0.15, 0.2) is 0 Å². The van der Waals surface area contributed by atoms with Crippen molar-refractivity contribution < 1.29 is 19.1 Å². The van der Waals surface area contributed by atoms with Gasteiger partial charge in [-0.2, -0.15) is 0 Å². The zero-order chi connectivity index (χ0) is 19.2. The van der Waals surface area contributed by atoms with Crippen molar-refractivity contribution in [2.24, 2.45) is 5.92 Å². The van der Waals surface area contributed by atoms with Gasteiger partial charge >= 0.3 is 0 Å². The predicted molar refractivity (Wildman–Crippen MR) is 103 cm³/mol. The molecule has 1 saturated heterocycles. The molecule has 0 aromatic heterocycles. The van der Waals surface area contributed by atoms with Crippen LogP contribution in [0.5, 0.6) is 11.5 Å². The predicted octanol–water partition coefficient (Wildman–Crippen LogP) is 2.73. The van der Waals surface area contributed by atoms with Gasteiger partial charge in [-0.05, 0) is 12.0 Å². The molecule has 6 nitrogen and oxygen atoms in total. The van der Waals surface area contributed by atoms with Gasteiger partial charge in [-0.1, -0.05) is 30.3 Å². The number of carbonyl (C=O) groups is 2. The van der Waals surface area contributed by atoms with E-state index in [2.05, 4.69) is 5.32 Å². The smallest absolute Gasteiger partial charge is 0.229 e. The Morgan fingerprint density at radius 1 is 1.11 bits per heavy atom. The molecular formula is C21H24N2O4. The fraction of sp³-hybridized carbons (Fsp3) is 0.333. The average molecular weight is 368 g/mol. The van der Waals surface area contributed by atoms with E-state index in [1.807, 2.05) is 30.3 Å². The fourth-order valence-electron chi connectivity index (χ4n) is 3.20. The summed E-state index contributed by atoms with van der Waals surface area (Å²) in [7, 11) is 3.11. The van der Waals surface area contributed by atoms with E-state index in [9.17, 15) is 9.59 Å². The number of nitrogens with zero attached hydrogens (tertiary/aromatic N) is 1. The molecule has 1 fully saturated rings. The molecule has 0 radical (unpaired) electrons. The molecule has 0 unspecified atom stereocenters. The van der Waals surface area contributed by atoms with Crippen LogP contribution < -0.4 is 14.8 Å². The topological polar surface area (TPSA) is 67.9 Å². The molecule has 1 aliphatic rings. The quantitative estimate of drug-likeness (QED) is 0.816. The molecule has 3 rings (SSSR count). The van der Waals surface area contributed by atoms with E-state index in [-0.39, 0.29) is 24.2 Å². The number of likely N-dealkylation sites (tertiary alicyclic amines) is 1. The number of ether oxygens (including phenoxy) is 2. The molecule has 2 aromatic rings. The van der Waals surface area contributed by atoms with Crippen molar-refractivity contribution in [1.29, 1.82) is 0 Å². The molecule has 2 amide bonds. The maximum atomic E-state index is 12.6. The molecule has 142 valence electrons. The Bertz CT molecular complexity index is 785. The first-order valence-corrected chi connectivity index (χ1v) is 8.94. The van der Waals surface area contributed by atoms with Crippen molar-refractivity contribution in [2.45, 2.75) is 12.8 Å². The summed E-state index contributed by atoms with van der Waals surface area (Å²) >= 11 is 0. The van der Waals surface area contributed by atoms with Crippen LogP contribution in [0.2, 0.25) is 0 Å². The summed E-state index contributed by atoms with van der Waals surface area (Å²) in [6.45, 7) is 1.07. The largest absolute Gasteiger partial charge is 0.497 e. The zero-order valence-corrected chi connectivity index (χ0v) is 15.6. The summed E-state index contributed by atoms with van der Waals surface area (Å²) in [6, 6.07) is 15.2. The number of amides is 2. The van der Waals surface area contributed by atoms with Crippen LogP contribution >= 0.6 is 0 Å². The maximum Gasteiger partial charge on any atom is 0.229 e. The van der Waals surface area contributed by atoms with Gasteiger partial charge in [-0.25, -0.2) is 0 Å². The molecule has 2 aromatic carbocycles. The number of methoxy groups -OCH3 is 2. The highest BCUT2D eigenvalue weighted by Gasteiger charge is 2.34. The summed E-state index contributed by atoms with van der Waals surface area (Å²) in [5.41, 5.74) is 1.77. The van der Waals surface area contributed by atoms with Crippen LogP contribution in [0.15, 0.2) is 48.5 Å². The minimum absolute atomic E-state index is 0.0225. The maximum absolute atomic E-state index is 12.6. The van der Waals surface area contributed by atoms with Gasteiger partial charge in [-0.15, -0.1) is 0 Å². The van der Waals surface area contributed by atoms with Gasteiger partial charge < -0.3 is 19.7 Å². The normalized spacial score (nSPS) is 16.3. The first-order valence-electron chi connectivity index (χ1n) is 8.94. The molecule has 1 aliphatic heterocycles. The molecule has 27 heavy (non-hydrogen) atoms. The SMILES string of the molecule is COc1cc(NC(=O)[C@H]2CC(=O)N(CCc3ccccc3)C2)cc(OC)c1. The molecule has 6 heteroatoms. The van der Waals surface area contributed by atoms with Crippen LogP contribution in [0.1, 0.15) is 12.0 Å². The van der Waals surface area contributed by atoms with Crippen molar-refractivity contribution in [1.82, 2.24) is 4.90 Å². The molecule has 0 spiro atoms. The molecule has 0 saturated carbocycles. The highest BCUT2D eigenvalue weighted by Crippen LogP contribution is 2.27. The summed E-state index contributed by atoms with van der Waals surface area (Å²) in [4.78, 5) is 26.6. The van der Waals surface area contributed by atoms with Crippen molar-refractivity contribution in [3.8, 4) is 11.5 Å². The fourth-order valence-corrected chi connectivity index (χ4v) is 3.20. The standard InChI is InChI=1S/C21H24N2O4/c1-26-18-11-17(12-19(13-18)27-2)22-21(25)16-10-20(24)23(14-16)9-8-15-6-4-3-5-7-15/h3-7,11-13,16H,8-10,14H2,1-2H3,(H,22,25)/t16-/m0/s1. The van der Waals surface area contributed by atoms with E-state index in [4.69, 9.17) is 9.47 Å². The van der Waals surface area contributed by atoms with E-state index in [1.54, 1.807) is 37.3 Å². The first kappa shape index (κ1) is 18.8. The lowest BCUT2D eigenvalue weighted by Crippen LogP contribution is -2.30. The number of benzene rings is 2. The molecule has 0 bridgehead atoms. The molecule has 0 aliphatic carbocycles. The average Bonchev–Trinajstić information content (AvgIpc) is 3.07. The highest BCUT2D eigenvalue weighted by atomic mass is 16.5. The van der Waals surface area contributed by atoms with Crippen LogP contribution in [-0.4, -0.2) is 44.0 Å². The van der Waals surface area contributed by atoms with Gasteiger partial charge in [0.25, 0.3) is 0 Å². The van der Waals surface area contributed by atoms with Gasteiger partial charge in [0.05, 0.1) is 20.1 Å².